The molecule has 0 aromatic carbocycles. The molecule has 9 atom stereocenters. The van der Waals surface area contributed by atoms with E-state index in [0.717, 1.165) is 61.4 Å². The summed E-state index contributed by atoms with van der Waals surface area (Å²) in [4.78, 5) is 12.1. The van der Waals surface area contributed by atoms with E-state index in [9.17, 15) is 4.79 Å². The summed E-state index contributed by atoms with van der Waals surface area (Å²) < 4.78 is 11.8. The van der Waals surface area contributed by atoms with Crippen LogP contribution >= 0.6 is 0 Å². The third kappa shape index (κ3) is 3.20. The maximum absolute atomic E-state index is 12.1. The first kappa shape index (κ1) is 22.6. The van der Waals surface area contributed by atoms with Crippen LogP contribution in [-0.4, -0.2) is 25.3 Å². The van der Waals surface area contributed by atoms with Crippen molar-refractivity contribution in [2.45, 2.75) is 104 Å². The summed E-state index contributed by atoms with van der Waals surface area (Å²) in [6, 6.07) is 0. The minimum absolute atomic E-state index is 0.0757. The predicted octanol–water partition coefficient (Wildman–Crippen LogP) is 6.64. The number of hydrogen-bond acceptors (Lipinski definition) is 3. The molecule has 0 N–H and O–H groups in total. The lowest BCUT2D eigenvalue weighted by Gasteiger charge is -2.64. The van der Waals surface area contributed by atoms with Gasteiger partial charge in [-0.15, -0.1) is 0 Å². The summed E-state index contributed by atoms with van der Waals surface area (Å²) >= 11 is 0. The molecule has 4 unspecified atom stereocenters. The minimum Gasteiger partial charge on any atom is -0.459 e. The van der Waals surface area contributed by atoms with Crippen LogP contribution in [0.4, 0.5) is 0 Å². The summed E-state index contributed by atoms with van der Waals surface area (Å²) in [5.41, 5.74) is 0.421. The number of carbonyl (C=O) groups excluding carboxylic acids is 1. The molecule has 0 amide bonds. The smallest absolute Gasteiger partial charge is 0.303 e. The van der Waals surface area contributed by atoms with Gasteiger partial charge in [-0.25, -0.2) is 0 Å². The van der Waals surface area contributed by atoms with Crippen LogP contribution in [0.15, 0.2) is 0 Å². The standard InChI is InChI=1S/C27H46O3/c1-7-12-27(30-19(3)28)14-11-23-22-9-8-21-16-20(17-29-6)15-18(2)26(21,5)24(22)10-13-25(23,27)4/h18,20-24H,7-17H2,1-6H3/t18?,20?,21?,22-,23-,24+,25-,26-,27?/m0/s1. The molecular formula is C27H46O3. The number of methoxy groups -OCH3 is 1. The van der Waals surface area contributed by atoms with Gasteiger partial charge in [0.15, 0.2) is 0 Å². The number of carbonyl (C=O) groups is 1. The molecule has 4 fully saturated rings. The molecule has 3 heteroatoms. The molecule has 4 saturated carbocycles. The van der Waals surface area contributed by atoms with Gasteiger partial charge in [0, 0.05) is 26.1 Å². The van der Waals surface area contributed by atoms with Crippen molar-refractivity contribution in [1.82, 2.24) is 0 Å². The van der Waals surface area contributed by atoms with E-state index in [1.807, 2.05) is 7.11 Å². The maximum Gasteiger partial charge on any atom is 0.303 e. The second-order valence-corrected chi connectivity index (χ2v) is 12.0. The van der Waals surface area contributed by atoms with Crippen LogP contribution in [-0.2, 0) is 14.3 Å². The van der Waals surface area contributed by atoms with E-state index in [2.05, 4.69) is 27.7 Å². The molecule has 0 aliphatic heterocycles. The molecule has 0 radical (unpaired) electrons. The topological polar surface area (TPSA) is 35.5 Å². The SMILES string of the molecule is CCCC1(OC(C)=O)CC[C@H]2[C@@H]3CCC4CC(COC)CC(C)[C@]4(C)[C@@H]3CC[C@@]21C. The Morgan fingerprint density at radius 3 is 2.43 bits per heavy atom. The van der Waals surface area contributed by atoms with Gasteiger partial charge in [-0.3, -0.25) is 4.79 Å². The molecule has 4 rings (SSSR count). The van der Waals surface area contributed by atoms with E-state index in [1.54, 1.807) is 6.92 Å². The number of esters is 1. The Balaban J connectivity index is 1.61. The summed E-state index contributed by atoms with van der Waals surface area (Å²) in [5.74, 6) is 4.72. The number of ether oxygens (including phenoxy) is 2. The van der Waals surface area contributed by atoms with E-state index in [-0.39, 0.29) is 17.0 Å². The fourth-order valence-corrected chi connectivity index (χ4v) is 9.63. The van der Waals surface area contributed by atoms with E-state index in [4.69, 9.17) is 9.47 Å². The molecule has 0 spiro atoms. The molecule has 4 aliphatic rings. The second kappa shape index (κ2) is 8.09. The van der Waals surface area contributed by atoms with Crippen molar-refractivity contribution in [1.29, 1.82) is 0 Å². The Kier molecular flexibility index (Phi) is 6.10. The van der Waals surface area contributed by atoms with Gasteiger partial charge in [0.25, 0.3) is 0 Å². The second-order valence-electron chi connectivity index (χ2n) is 12.0. The molecule has 30 heavy (non-hydrogen) atoms. The Morgan fingerprint density at radius 1 is 1.03 bits per heavy atom. The highest BCUT2D eigenvalue weighted by molar-refractivity contribution is 5.66. The first-order chi connectivity index (χ1) is 14.2. The molecule has 0 saturated heterocycles. The van der Waals surface area contributed by atoms with Crippen LogP contribution in [0, 0.1) is 46.3 Å². The predicted molar refractivity (Wildman–Crippen MR) is 121 cm³/mol. The molecule has 0 bridgehead atoms. The monoisotopic (exact) mass is 418 g/mol. The Morgan fingerprint density at radius 2 is 1.77 bits per heavy atom. The molecular weight excluding hydrogens is 372 g/mol. The first-order valence-electron chi connectivity index (χ1n) is 12.9. The first-order valence-corrected chi connectivity index (χ1v) is 12.9. The highest BCUT2D eigenvalue weighted by atomic mass is 16.6. The lowest BCUT2D eigenvalue weighted by molar-refractivity contribution is -0.195. The lowest BCUT2D eigenvalue weighted by Crippen LogP contribution is -2.59. The highest BCUT2D eigenvalue weighted by Crippen LogP contribution is 2.70. The van der Waals surface area contributed by atoms with Crippen molar-refractivity contribution < 1.29 is 14.3 Å². The highest BCUT2D eigenvalue weighted by Gasteiger charge is 2.66. The van der Waals surface area contributed by atoms with Gasteiger partial charge in [0.2, 0.25) is 0 Å². The van der Waals surface area contributed by atoms with E-state index in [1.165, 1.54) is 44.9 Å². The summed E-state index contributed by atoms with van der Waals surface area (Å²) in [6.07, 6.45) is 12.5. The van der Waals surface area contributed by atoms with Gasteiger partial charge in [-0.1, -0.05) is 34.1 Å². The zero-order valence-electron chi connectivity index (χ0n) is 20.5. The fourth-order valence-electron chi connectivity index (χ4n) is 9.63. The van der Waals surface area contributed by atoms with Gasteiger partial charge in [0.05, 0.1) is 0 Å². The van der Waals surface area contributed by atoms with Crippen molar-refractivity contribution >= 4 is 5.97 Å². The van der Waals surface area contributed by atoms with E-state index >= 15 is 0 Å². The van der Waals surface area contributed by atoms with Gasteiger partial charge < -0.3 is 9.47 Å². The van der Waals surface area contributed by atoms with Crippen molar-refractivity contribution in [3.8, 4) is 0 Å². The van der Waals surface area contributed by atoms with Crippen LogP contribution in [0.5, 0.6) is 0 Å². The molecule has 0 heterocycles. The van der Waals surface area contributed by atoms with Crippen LogP contribution in [0.2, 0.25) is 0 Å². The zero-order chi connectivity index (χ0) is 21.7. The van der Waals surface area contributed by atoms with Crippen LogP contribution in [0.25, 0.3) is 0 Å². The Labute approximate surface area is 185 Å². The van der Waals surface area contributed by atoms with Crippen LogP contribution in [0.1, 0.15) is 98.8 Å². The quantitative estimate of drug-likeness (QED) is 0.469. The summed E-state index contributed by atoms with van der Waals surface area (Å²) in [5, 5.41) is 0. The molecule has 0 aromatic rings. The minimum atomic E-state index is -0.220. The maximum atomic E-state index is 12.1. The number of rotatable bonds is 5. The van der Waals surface area contributed by atoms with Crippen molar-refractivity contribution in [3.05, 3.63) is 0 Å². The number of hydrogen-bond donors (Lipinski definition) is 0. The average molecular weight is 419 g/mol. The van der Waals surface area contributed by atoms with Crippen molar-refractivity contribution in [3.63, 3.8) is 0 Å². The third-order valence-electron chi connectivity index (χ3n) is 11.0. The molecule has 0 aromatic heterocycles. The molecule has 172 valence electrons. The lowest BCUT2D eigenvalue weighted by atomic mass is 9.41. The van der Waals surface area contributed by atoms with Gasteiger partial charge in [-0.05, 0) is 98.7 Å². The Bertz CT molecular complexity index is 646. The van der Waals surface area contributed by atoms with E-state index < -0.39 is 0 Å². The van der Waals surface area contributed by atoms with Crippen LogP contribution in [0.3, 0.4) is 0 Å². The fraction of sp³-hybridized carbons (Fsp3) is 0.963. The van der Waals surface area contributed by atoms with Gasteiger partial charge in [-0.2, -0.15) is 0 Å². The number of fused-ring (bicyclic) bond motifs is 5. The molecule has 3 nitrogen and oxygen atoms in total. The Hall–Kier alpha value is -0.570. The van der Waals surface area contributed by atoms with Gasteiger partial charge in [0.1, 0.15) is 5.60 Å². The van der Waals surface area contributed by atoms with Gasteiger partial charge >= 0.3 is 5.97 Å². The zero-order valence-corrected chi connectivity index (χ0v) is 20.5. The largest absolute Gasteiger partial charge is 0.459 e. The normalized spacial score (nSPS) is 50.3. The summed E-state index contributed by atoms with van der Waals surface area (Å²) in [6.45, 7) is 12.5. The third-order valence-corrected chi connectivity index (χ3v) is 11.0. The van der Waals surface area contributed by atoms with E-state index in [0.29, 0.717) is 5.41 Å². The van der Waals surface area contributed by atoms with Crippen molar-refractivity contribution in [2.24, 2.45) is 46.3 Å². The molecule has 4 aliphatic carbocycles. The summed E-state index contributed by atoms with van der Waals surface area (Å²) in [7, 11) is 1.86. The average Bonchev–Trinajstić information content (AvgIpc) is 2.95. The van der Waals surface area contributed by atoms with Crippen LogP contribution < -0.4 is 0 Å². The van der Waals surface area contributed by atoms with Crippen molar-refractivity contribution in [2.75, 3.05) is 13.7 Å².